The standard InChI is InChI=1S/C13H14BrClN2O3S/c1-2-16-8-10-4-6-13(20-10)21(18,19)17-12-7-9(14)3-5-11(12)15/h3-7,16-17H,2,8H2,1H3. The smallest absolute Gasteiger partial charge is 0.295 e. The number of benzene rings is 1. The maximum atomic E-state index is 12.3. The van der Waals surface area contributed by atoms with Crippen molar-refractivity contribution in [3.8, 4) is 0 Å². The van der Waals surface area contributed by atoms with Gasteiger partial charge in [0.05, 0.1) is 17.3 Å². The molecule has 1 aromatic carbocycles. The molecule has 0 radical (unpaired) electrons. The lowest BCUT2D eigenvalue weighted by Gasteiger charge is -2.08. The second-order valence-corrected chi connectivity index (χ2v) is 7.17. The van der Waals surface area contributed by atoms with Gasteiger partial charge in [0.1, 0.15) is 5.76 Å². The first-order chi connectivity index (χ1) is 9.92. The van der Waals surface area contributed by atoms with Crippen LogP contribution in [0.2, 0.25) is 5.02 Å². The van der Waals surface area contributed by atoms with E-state index in [4.69, 9.17) is 16.0 Å². The number of hydrogen-bond acceptors (Lipinski definition) is 4. The molecule has 0 atom stereocenters. The van der Waals surface area contributed by atoms with Crippen LogP contribution in [0.5, 0.6) is 0 Å². The van der Waals surface area contributed by atoms with E-state index < -0.39 is 10.0 Å². The third-order valence-corrected chi connectivity index (χ3v) is 4.68. The van der Waals surface area contributed by atoms with Crippen LogP contribution in [-0.2, 0) is 16.6 Å². The van der Waals surface area contributed by atoms with Gasteiger partial charge in [-0.1, -0.05) is 34.5 Å². The molecule has 0 saturated carbocycles. The zero-order valence-electron chi connectivity index (χ0n) is 11.2. The van der Waals surface area contributed by atoms with Gasteiger partial charge < -0.3 is 9.73 Å². The Bertz CT molecular complexity index is 731. The van der Waals surface area contributed by atoms with Crippen molar-refractivity contribution in [2.45, 2.75) is 18.6 Å². The van der Waals surface area contributed by atoms with E-state index in [1.54, 1.807) is 24.3 Å². The lowest BCUT2D eigenvalue weighted by molar-refractivity contribution is 0.405. The lowest BCUT2D eigenvalue weighted by Crippen LogP contribution is -2.13. The fourth-order valence-corrected chi connectivity index (χ4v) is 3.22. The van der Waals surface area contributed by atoms with E-state index in [1.807, 2.05) is 6.92 Å². The zero-order valence-corrected chi connectivity index (χ0v) is 14.3. The second-order valence-electron chi connectivity index (χ2n) is 4.23. The molecule has 0 saturated heterocycles. The third kappa shape index (κ3) is 4.23. The highest BCUT2D eigenvalue weighted by Crippen LogP contribution is 2.28. The topological polar surface area (TPSA) is 71.3 Å². The van der Waals surface area contributed by atoms with E-state index in [0.717, 1.165) is 11.0 Å². The van der Waals surface area contributed by atoms with Crippen LogP contribution >= 0.6 is 27.5 Å². The number of nitrogens with one attached hydrogen (secondary N) is 2. The quantitative estimate of drug-likeness (QED) is 0.786. The average Bonchev–Trinajstić information content (AvgIpc) is 2.90. The van der Waals surface area contributed by atoms with Crippen molar-refractivity contribution >= 4 is 43.2 Å². The van der Waals surface area contributed by atoms with E-state index in [0.29, 0.717) is 17.3 Å². The zero-order chi connectivity index (χ0) is 15.5. The van der Waals surface area contributed by atoms with Gasteiger partial charge in [-0.25, -0.2) is 0 Å². The van der Waals surface area contributed by atoms with Gasteiger partial charge in [0.15, 0.2) is 0 Å². The molecule has 0 spiro atoms. The Labute approximate surface area is 136 Å². The molecule has 0 aliphatic heterocycles. The molecule has 0 amide bonds. The molecule has 0 aliphatic rings. The van der Waals surface area contributed by atoms with E-state index in [-0.39, 0.29) is 10.8 Å². The molecule has 2 N–H and O–H groups in total. The third-order valence-electron chi connectivity index (χ3n) is 2.62. The van der Waals surface area contributed by atoms with Crippen LogP contribution in [0.25, 0.3) is 0 Å². The molecule has 5 nitrogen and oxygen atoms in total. The van der Waals surface area contributed by atoms with E-state index in [1.165, 1.54) is 6.07 Å². The highest BCUT2D eigenvalue weighted by Gasteiger charge is 2.20. The molecule has 8 heteroatoms. The minimum Gasteiger partial charge on any atom is -0.446 e. The Balaban J connectivity index is 2.22. The summed E-state index contributed by atoms with van der Waals surface area (Å²) < 4.78 is 33.0. The summed E-state index contributed by atoms with van der Waals surface area (Å²) in [5.74, 6) is 0.553. The largest absolute Gasteiger partial charge is 0.446 e. The van der Waals surface area contributed by atoms with Gasteiger partial charge in [-0.05, 0) is 36.9 Å². The number of rotatable bonds is 6. The molecule has 0 fully saturated rings. The summed E-state index contributed by atoms with van der Waals surface area (Å²) >= 11 is 9.24. The van der Waals surface area contributed by atoms with Crippen LogP contribution in [-0.4, -0.2) is 15.0 Å². The Morgan fingerprint density at radius 3 is 2.76 bits per heavy atom. The van der Waals surface area contributed by atoms with Crippen LogP contribution in [0.4, 0.5) is 5.69 Å². The monoisotopic (exact) mass is 392 g/mol. The molecular weight excluding hydrogens is 380 g/mol. The summed E-state index contributed by atoms with van der Waals surface area (Å²) in [6.07, 6.45) is 0. The predicted octanol–water partition coefficient (Wildman–Crippen LogP) is 3.61. The molecule has 1 aromatic heterocycles. The number of hydrogen-bond donors (Lipinski definition) is 2. The average molecular weight is 394 g/mol. The number of furan rings is 1. The SMILES string of the molecule is CCNCc1ccc(S(=O)(=O)Nc2cc(Br)ccc2Cl)o1. The summed E-state index contributed by atoms with van der Waals surface area (Å²) in [6.45, 7) is 3.20. The second kappa shape index (κ2) is 6.83. The van der Waals surface area contributed by atoms with Crippen LogP contribution in [0.15, 0.2) is 44.3 Å². The van der Waals surface area contributed by atoms with E-state index in [2.05, 4.69) is 26.0 Å². The Morgan fingerprint density at radius 1 is 1.29 bits per heavy atom. The molecule has 1 heterocycles. The summed E-state index contributed by atoms with van der Waals surface area (Å²) in [5, 5.41) is 3.22. The predicted molar refractivity (Wildman–Crippen MR) is 86.0 cm³/mol. The van der Waals surface area contributed by atoms with Gasteiger partial charge in [0, 0.05) is 4.47 Å². The molecule has 114 valence electrons. The van der Waals surface area contributed by atoms with Gasteiger partial charge in [-0.3, -0.25) is 4.72 Å². The van der Waals surface area contributed by atoms with Gasteiger partial charge in [-0.2, -0.15) is 8.42 Å². The van der Waals surface area contributed by atoms with Crippen molar-refractivity contribution in [3.05, 3.63) is 45.6 Å². The first kappa shape index (κ1) is 16.4. The van der Waals surface area contributed by atoms with Crippen LogP contribution in [0.3, 0.4) is 0 Å². The Kier molecular flexibility index (Phi) is 5.32. The minimum absolute atomic E-state index is 0.147. The van der Waals surface area contributed by atoms with Gasteiger partial charge in [0.2, 0.25) is 5.09 Å². The van der Waals surface area contributed by atoms with E-state index in [9.17, 15) is 8.42 Å². The van der Waals surface area contributed by atoms with Crippen LogP contribution < -0.4 is 10.0 Å². The number of anilines is 1. The highest BCUT2D eigenvalue weighted by atomic mass is 79.9. The molecule has 2 aromatic rings. The minimum atomic E-state index is -3.81. The molecule has 2 rings (SSSR count). The van der Waals surface area contributed by atoms with Gasteiger partial charge >= 0.3 is 0 Å². The summed E-state index contributed by atoms with van der Waals surface area (Å²) in [4.78, 5) is 0. The molecule has 0 aliphatic carbocycles. The fourth-order valence-electron chi connectivity index (χ4n) is 1.62. The maximum absolute atomic E-state index is 12.3. The number of halogens is 2. The van der Waals surface area contributed by atoms with Crippen molar-refractivity contribution in [1.82, 2.24) is 5.32 Å². The molecule has 0 bridgehead atoms. The highest BCUT2D eigenvalue weighted by molar-refractivity contribution is 9.10. The Hall–Kier alpha value is -1.02. The van der Waals surface area contributed by atoms with Crippen molar-refractivity contribution in [2.75, 3.05) is 11.3 Å². The van der Waals surface area contributed by atoms with Crippen molar-refractivity contribution < 1.29 is 12.8 Å². The normalized spacial score (nSPS) is 11.6. The first-order valence-corrected chi connectivity index (χ1v) is 8.85. The lowest BCUT2D eigenvalue weighted by atomic mass is 10.3. The molecule has 0 unspecified atom stereocenters. The van der Waals surface area contributed by atoms with Crippen molar-refractivity contribution in [1.29, 1.82) is 0 Å². The van der Waals surface area contributed by atoms with Crippen molar-refractivity contribution in [3.63, 3.8) is 0 Å². The fraction of sp³-hybridized carbons (Fsp3) is 0.231. The molecular formula is C13H14BrClN2O3S. The van der Waals surface area contributed by atoms with E-state index >= 15 is 0 Å². The van der Waals surface area contributed by atoms with Gasteiger partial charge in [0.25, 0.3) is 10.0 Å². The summed E-state index contributed by atoms with van der Waals surface area (Å²) in [7, 11) is -3.81. The number of sulfonamides is 1. The molecule has 21 heavy (non-hydrogen) atoms. The Morgan fingerprint density at radius 2 is 2.05 bits per heavy atom. The maximum Gasteiger partial charge on any atom is 0.295 e. The van der Waals surface area contributed by atoms with Crippen molar-refractivity contribution in [2.24, 2.45) is 0 Å². The van der Waals surface area contributed by atoms with Crippen LogP contribution in [0, 0.1) is 0 Å². The van der Waals surface area contributed by atoms with Gasteiger partial charge in [-0.15, -0.1) is 0 Å². The summed E-state index contributed by atoms with van der Waals surface area (Å²) in [6, 6.07) is 7.95. The summed E-state index contributed by atoms with van der Waals surface area (Å²) in [5.41, 5.74) is 0.288. The first-order valence-electron chi connectivity index (χ1n) is 6.19. The van der Waals surface area contributed by atoms with Crippen LogP contribution in [0.1, 0.15) is 12.7 Å².